The summed E-state index contributed by atoms with van der Waals surface area (Å²) in [5.74, 6) is 1.82. The Morgan fingerprint density at radius 2 is 2.18 bits per heavy atom. The van der Waals surface area contributed by atoms with Crippen molar-refractivity contribution >= 4 is 9.84 Å². The molecule has 0 amide bonds. The van der Waals surface area contributed by atoms with E-state index in [0.29, 0.717) is 18.1 Å². The standard InChI is InChI=1S/C10H15N3O3S/c14-17(15)4-2-8(6-17)9-12-10(16-13-9)7-1-3-11-5-7/h7-8,11H,1-6H2. The highest BCUT2D eigenvalue weighted by molar-refractivity contribution is 7.91. The third-order valence-electron chi connectivity index (χ3n) is 3.46. The zero-order valence-electron chi connectivity index (χ0n) is 9.42. The van der Waals surface area contributed by atoms with Crippen LogP contribution in [0.25, 0.3) is 0 Å². The molecule has 6 nitrogen and oxygen atoms in total. The van der Waals surface area contributed by atoms with Gasteiger partial charge in [0.2, 0.25) is 5.89 Å². The second-order valence-electron chi connectivity index (χ2n) is 4.78. The molecule has 0 radical (unpaired) electrons. The van der Waals surface area contributed by atoms with Crippen molar-refractivity contribution < 1.29 is 12.9 Å². The van der Waals surface area contributed by atoms with Crippen molar-refractivity contribution in [3.63, 3.8) is 0 Å². The number of nitrogens with one attached hydrogen (secondary N) is 1. The quantitative estimate of drug-likeness (QED) is 0.805. The Kier molecular flexibility index (Phi) is 2.67. The molecule has 17 heavy (non-hydrogen) atoms. The highest BCUT2D eigenvalue weighted by atomic mass is 32.2. The van der Waals surface area contributed by atoms with Crippen molar-refractivity contribution in [1.29, 1.82) is 0 Å². The van der Waals surface area contributed by atoms with Crippen LogP contribution in [-0.4, -0.2) is 43.2 Å². The molecule has 0 saturated carbocycles. The van der Waals surface area contributed by atoms with Crippen molar-refractivity contribution in [1.82, 2.24) is 15.5 Å². The summed E-state index contributed by atoms with van der Waals surface area (Å²) in [6.45, 7) is 1.84. The molecule has 2 aliphatic heterocycles. The van der Waals surface area contributed by atoms with E-state index in [-0.39, 0.29) is 23.3 Å². The second kappa shape index (κ2) is 4.06. The normalized spacial score (nSPS) is 32.0. The first-order valence-corrected chi connectivity index (χ1v) is 7.71. The predicted octanol–water partition coefficient (Wildman–Crippen LogP) is 0.0486. The minimum absolute atomic E-state index is 0.0770. The molecule has 2 saturated heterocycles. The van der Waals surface area contributed by atoms with Gasteiger partial charge < -0.3 is 9.84 Å². The SMILES string of the molecule is O=S1(=O)CCC(c2noc(C3CCNC3)n2)C1. The van der Waals surface area contributed by atoms with Gasteiger partial charge in [0.1, 0.15) is 0 Å². The monoisotopic (exact) mass is 257 g/mol. The van der Waals surface area contributed by atoms with Crippen LogP contribution in [-0.2, 0) is 9.84 Å². The molecule has 2 atom stereocenters. The summed E-state index contributed by atoms with van der Waals surface area (Å²) in [6, 6.07) is 0. The first-order chi connectivity index (χ1) is 8.14. The molecule has 1 N–H and O–H groups in total. The van der Waals surface area contributed by atoms with Gasteiger partial charge in [0, 0.05) is 12.5 Å². The zero-order valence-corrected chi connectivity index (χ0v) is 10.2. The van der Waals surface area contributed by atoms with E-state index in [1.54, 1.807) is 0 Å². The smallest absolute Gasteiger partial charge is 0.231 e. The van der Waals surface area contributed by atoms with Crippen LogP contribution in [0.4, 0.5) is 0 Å². The van der Waals surface area contributed by atoms with Crippen LogP contribution in [0.1, 0.15) is 36.4 Å². The van der Waals surface area contributed by atoms with Crippen LogP contribution in [0, 0.1) is 0 Å². The molecule has 0 bridgehead atoms. The summed E-state index contributed by atoms with van der Waals surface area (Å²) in [5.41, 5.74) is 0. The fourth-order valence-corrected chi connectivity index (χ4v) is 4.18. The first kappa shape index (κ1) is 11.2. The highest BCUT2D eigenvalue weighted by Gasteiger charge is 2.33. The molecule has 94 valence electrons. The Morgan fingerprint density at radius 3 is 2.82 bits per heavy atom. The van der Waals surface area contributed by atoms with E-state index in [4.69, 9.17) is 4.52 Å². The van der Waals surface area contributed by atoms with Crippen molar-refractivity contribution in [3.05, 3.63) is 11.7 Å². The Balaban J connectivity index is 1.76. The minimum Gasteiger partial charge on any atom is -0.339 e. The molecule has 3 heterocycles. The fraction of sp³-hybridized carbons (Fsp3) is 0.800. The Labute approximate surface area is 99.7 Å². The molecule has 2 aliphatic rings. The molecule has 0 spiro atoms. The summed E-state index contributed by atoms with van der Waals surface area (Å²) in [4.78, 5) is 4.36. The van der Waals surface area contributed by atoms with Gasteiger partial charge in [-0.3, -0.25) is 0 Å². The van der Waals surface area contributed by atoms with Gasteiger partial charge in [0.15, 0.2) is 15.7 Å². The minimum atomic E-state index is -2.89. The van der Waals surface area contributed by atoms with Crippen molar-refractivity contribution in [3.8, 4) is 0 Å². The number of sulfone groups is 1. The summed E-state index contributed by atoms with van der Waals surface area (Å²) in [7, 11) is -2.89. The van der Waals surface area contributed by atoms with Gasteiger partial charge in [0.05, 0.1) is 17.4 Å². The van der Waals surface area contributed by atoms with Crippen molar-refractivity contribution in [2.45, 2.75) is 24.7 Å². The molecule has 1 aromatic heterocycles. The second-order valence-corrected chi connectivity index (χ2v) is 7.01. The molecule has 3 rings (SSSR count). The van der Waals surface area contributed by atoms with Gasteiger partial charge in [-0.2, -0.15) is 4.98 Å². The van der Waals surface area contributed by atoms with Crippen LogP contribution in [0.2, 0.25) is 0 Å². The average Bonchev–Trinajstić information content (AvgIpc) is 2.93. The molecule has 0 aromatic carbocycles. The highest BCUT2D eigenvalue weighted by Crippen LogP contribution is 2.28. The Morgan fingerprint density at radius 1 is 1.29 bits per heavy atom. The van der Waals surface area contributed by atoms with Crippen molar-refractivity contribution in [2.24, 2.45) is 0 Å². The van der Waals surface area contributed by atoms with Gasteiger partial charge in [-0.15, -0.1) is 0 Å². The van der Waals surface area contributed by atoms with E-state index in [9.17, 15) is 8.42 Å². The molecular weight excluding hydrogens is 242 g/mol. The molecular formula is C10H15N3O3S. The summed E-state index contributed by atoms with van der Waals surface area (Å²) < 4.78 is 28.0. The van der Waals surface area contributed by atoms with Crippen molar-refractivity contribution in [2.75, 3.05) is 24.6 Å². The Bertz CT molecular complexity index is 505. The third-order valence-corrected chi connectivity index (χ3v) is 5.23. The maximum atomic E-state index is 11.4. The molecule has 7 heteroatoms. The lowest BCUT2D eigenvalue weighted by molar-refractivity contribution is 0.353. The molecule has 1 aromatic rings. The fourth-order valence-electron chi connectivity index (χ4n) is 2.44. The molecule has 2 unspecified atom stereocenters. The maximum absolute atomic E-state index is 11.4. The summed E-state index contributed by atoms with van der Waals surface area (Å²) in [6.07, 6.45) is 1.62. The average molecular weight is 257 g/mol. The van der Waals surface area contributed by atoms with Gasteiger partial charge in [-0.05, 0) is 19.4 Å². The lowest BCUT2D eigenvalue weighted by atomic mass is 10.1. The number of aromatic nitrogens is 2. The van der Waals surface area contributed by atoms with E-state index in [0.717, 1.165) is 19.5 Å². The third kappa shape index (κ3) is 2.21. The lowest BCUT2D eigenvalue weighted by Crippen LogP contribution is -2.08. The summed E-state index contributed by atoms with van der Waals surface area (Å²) >= 11 is 0. The van der Waals surface area contributed by atoms with Gasteiger partial charge in [0.25, 0.3) is 0 Å². The van der Waals surface area contributed by atoms with E-state index < -0.39 is 9.84 Å². The topological polar surface area (TPSA) is 85.1 Å². The van der Waals surface area contributed by atoms with Crippen LogP contribution in [0.15, 0.2) is 4.52 Å². The summed E-state index contributed by atoms with van der Waals surface area (Å²) in [5, 5.41) is 7.17. The van der Waals surface area contributed by atoms with E-state index in [1.807, 2.05) is 0 Å². The number of hydrogen-bond acceptors (Lipinski definition) is 6. The van der Waals surface area contributed by atoms with E-state index in [1.165, 1.54) is 0 Å². The van der Waals surface area contributed by atoms with E-state index >= 15 is 0 Å². The van der Waals surface area contributed by atoms with Gasteiger partial charge in [-0.25, -0.2) is 8.42 Å². The number of hydrogen-bond donors (Lipinski definition) is 1. The first-order valence-electron chi connectivity index (χ1n) is 5.89. The molecule has 2 fully saturated rings. The van der Waals surface area contributed by atoms with Gasteiger partial charge in [-0.1, -0.05) is 5.16 Å². The predicted molar refractivity (Wildman–Crippen MR) is 60.5 cm³/mol. The van der Waals surface area contributed by atoms with Crippen LogP contribution in [0.3, 0.4) is 0 Å². The zero-order chi connectivity index (χ0) is 11.9. The van der Waals surface area contributed by atoms with Crippen LogP contribution < -0.4 is 5.32 Å². The number of nitrogens with zero attached hydrogens (tertiary/aromatic N) is 2. The Hall–Kier alpha value is -0.950. The molecule has 0 aliphatic carbocycles. The van der Waals surface area contributed by atoms with Crippen LogP contribution >= 0.6 is 0 Å². The number of rotatable bonds is 2. The maximum Gasteiger partial charge on any atom is 0.231 e. The van der Waals surface area contributed by atoms with Gasteiger partial charge >= 0.3 is 0 Å². The lowest BCUT2D eigenvalue weighted by Gasteiger charge is -2.00. The van der Waals surface area contributed by atoms with Crippen LogP contribution in [0.5, 0.6) is 0 Å². The largest absolute Gasteiger partial charge is 0.339 e. The van der Waals surface area contributed by atoms with E-state index in [2.05, 4.69) is 15.5 Å².